The number of amides is 4. The third-order valence-electron chi connectivity index (χ3n) is 8.74. The molecule has 0 saturated carbocycles. The normalized spacial score (nSPS) is 21.7. The number of nitrogens with one attached hydrogen (secondary N) is 4. The van der Waals surface area contributed by atoms with Crippen molar-refractivity contribution in [3.63, 3.8) is 0 Å². The Hall–Kier alpha value is -4.73. The second-order valence-corrected chi connectivity index (χ2v) is 13.2. The lowest BCUT2D eigenvalue weighted by Crippen LogP contribution is -2.56. The van der Waals surface area contributed by atoms with E-state index in [0.29, 0.717) is 19.3 Å². The van der Waals surface area contributed by atoms with Crippen molar-refractivity contribution in [2.45, 2.75) is 113 Å². The maximum atomic E-state index is 13.1. The van der Waals surface area contributed by atoms with Crippen LogP contribution in [0.25, 0.3) is 0 Å². The maximum absolute atomic E-state index is 13.1. The molecule has 1 fully saturated rings. The number of nitrogens with two attached hydrogens (primary N) is 3. The number of ketones is 1. The number of aliphatic hydroxyl groups excluding tert-OH is 4. The van der Waals surface area contributed by atoms with Crippen LogP contribution in [0.15, 0.2) is 29.3 Å². The number of Topliss-reactive ketones (excluding diaryl/α,β-unsaturated/α-hetero) is 1. The molecule has 15 N–H and O–H groups in total. The van der Waals surface area contributed by atoms with Crippen molar-refractivity contribution in [3.8, 4) is 0 Å². The highest BCUT2D eigenvalue weighted by atomic mass is 16.5. The Morgan fingerprint density at radius 3 is 2.07 bits per heavy atom. The molecule has 1 saturated heterocycles. The van der Waals surface area contributed by atoms with Gasteiger partial charge in [0.05, 0.1) is 37.8 Å². The van der Waals surface area contributed by atoms with Crippen LogP contribution in [0.4, 0.5) is 0 Å². The molecule has 1 aliphatic heterocycles. The van der Waals surface area contributed by atoms with Gasteiger partial charge in [-0.1, -0.05) is 24.3 Å². The predicted molar refractivity (Wildman–Crippen MR) is 192 cm³/mol. The summed E-state index contributed by atoms with van der Waals surface area (Å²) in [5, 5.41) is 57.9. The fraction of sp³-hybridized carbons (Fsp3) is 0.618. The number of nitrogens with zero attached hydrogens (tertiary/aromatic N) is 1. The van der Waals surface area contributed by atoms with Gasteiger partial charge >= 0.3 is 5.97 Å². The Kier molecular flexibility index (Phi) is 18.9. The molecular weight excluding hydrogens is 712 g/mol. The van der Waals surface area contributed by atoms with Crippen LogP contribution in [-0.2, 0) is 46.3 Å². The van der Waals surface area contributed by atoms with Gasteiger partial charge in [0.1, 0.15) is 36.4 Å². The Balaban J connectivity index is 1.97. The molecule has 5 unspecified atom stereocenters. The average molecular weight is 767 g/mol. The largest absolute Gasteiger partial charge is 0.481 e. The molecule has 0 radical (unpaired) electrons. The molecule has 1 aliphatic rings. The molecular formula is C34H54N8O12. The number of aliphatic imine (C=N–C) groups is 1. The Morgan fingerprint density at radius 2 is 1.48 bits per heavy atom. The molecule has 20 nitrogen and oxygen atoms in total. The maximum Gasteiger partial charge on any atom is 0.305 e. The van der Waals surface area contributed by atoms with Crippen molar-refractivity contribution in [2.24, 2.45) is 22.2 Å². The summed E-state index contributed by atoms with van der Waals surface area (Å²) in [5.41, 5.74) is 18.6. The van der Waals surface area contributed by atoms with E-state index < -0.39 is 110 Å². The third-order valence-corrected chi connectivity index (χ3v) is 8.74. The first-order valence-electron chi connectivity index (χ1n) is 17.5. The summed E-state index contributed by atoms with van der Waals surface area (Å²) in [6.07, 6.45) is -3.58. The van der Waals surface area contributed by atoms with Crippen molar-refractivity contribution < 1.29 is 59.0 Å². The number of aryl methyl sites for hydroxylation is 1. The van der Waals surface area contributed by atoms with Crippen LogP contribution < -0.4 is 38.5 Å². The lowest BCUT2D eigenvalue weighted by Gasteiger charge is -2.39. The first-order valence-corrected chi connectivity index (χ1v) is 17.5. The molecule has 20 heteroatoms. The SMILES string of the molecule is CC(=O)C(CO)NC(=O)[C@H](CC(=O)O)NC(=O)CNC(=O)C(CCCN=C(N)N)NC(=O)C(N)Cc1ccc(CCC[C@@H]2OC(C)[C@H](O)[C@@H](O)C2O)cc1. The lowest BCUT2D eigenvalue weighted by atomic mass is 9.92. The van der Waals surface area contributed by atoms with Gasteiger partial charge in [-0.25, -0.2) is 0 Å². The molecule has 1 heterocycles. The van der Waals surface area contributed by atoms with Crippen molar-refractivity contribution in [3.05, 3.63) is 35.4 Å². The number of aliphatic hydroxyl groups is 4. The number of guanidine groups is 1. The van der Waals surface area contributed by atoms with Gasteiger partial charge in [0.15, 0.2) is 11.7 Å². The number of carbonyl (C=O) groups excluding carboxylic acids is 5. The second kappa shape index (κ2) is 22.5. The van der Waals surface area contributed by atoms with E-state index in [2.05, 4.69) is 26.3 Å². The fourth-order valence-corrected chi connectivity index (χ4v) is 5.59. The number of hydrogen-bond donors (Lipinski definition) is 12. The first kappa shape index (κ1) is 45.4. The predicted octanol–water partition coefficient (Wildman–Crippen LogP) is -4.57. The van der Waals surface area contributed by atoms with E-state index in [-0.39, 0.29) is 31.8 Å². The molecule has 0 spiro atoms. The molecule has 0 bridgehead atoms. The number of hydrogen-bond acceptors (Lipinski definition) is 13. The quantitative estimate of drug-likeness (QED) is 0.0300. The number of ether oxygens (including phenoxy) is 1. The number of rotatable bonds is 22. The summed E-state index contributed by atoms with van der Waals surface area (Å²) >= 11 is 0. The topological polar surface area (TPSA) is 351 Å². The smallest absolute Gasteiger partial charge is 0.305 e. The first-order chi connectivity index (χ1) is 25.4. The minimum atomic E-state index is -1.64. The number of carbonyl (C=O) groups is 6. The van der Waals surface area contributed by atoms with Crippen LogP contribution in [0.1, 0.15) is 57.1 Å². The molecule has 0 aliphatic carbocycles. The van der Waals surface area contributed by atoms with Gasteiger partial charge in [-0.2, -0.15) is 0 Å². The summed E-state index contributed by atoms with van der Waals surface area (Å²) in [6.45, 7) is 1.40. The summed E-state index contributed by atoms with van der Waals surface area (Å²) in [4.78, 5) is 78.1. The Bertz CT molecular complexity index is 1460. The number of benzene rings is 1. The number of carboxylic acid groups (broad SMARTS) is 1. The van der Waals surface area contributed by atoms with Gasteiger partial charge in [0, 0.05) is 6.54 Å². The van der Waals surface area contributed by atoms with E-state index in [1.807, 2.05) is 12.1 Å². The molecule has 1 aromatic carbocycles. The van der Waals surface area contributed by atoms with Crippen molar-refractivity contribution in [1.82, 2.24) is 21.3 Å². The zero-order valence-electron chi connectivity index (χ0n) is 30.3. The van der Waals surface area contributed by atoms with E-state index in [1.165, 1.54) is 0 Å². The van der Waals surface area contributed by atoms with Gasteiger partial charge in [0.25, 0.3) is 0 Å². The van der Waals surface area contributed by atoms with E-state index in [0.717, 1.165) is 18.1 Å². The zero-order chi connectivity index (χ0) is 40.5. The van der Waals surface area contributed by atoms with Crippen LogP contribution in [0.3, 0.4) is 0 Å². The van der Waals surface area contributed by atoms with Crippen LogP contribution in [0.5, 0.6) is 0 Å². The molecule has 0 aromatic heterocycles. The van der Waals surface area contributed by atoms with Gasteiger partial charge < -0.3 is 68.7 Å². The van der Waals surface area contributed by atoms with Gasteiger partial charge in [-0.05, 0) is 63.5 Å². The fourth-order valence-electron chi connectivity index (χ4n) is 5.59. The monoisotopic (exact) mass is 766 g/mol. The minimum absolute atomic E-state index is 0.0381. The van der Waals surface area contributed by atoms with Crippen molar-refractivity contribution >= 4 is 41.3 Å². The molecule has 302 valence electrons. The van der Waals surface area contributed by atoms with Crippen LogP contribution in [-0.4, -0.2) is 141 Å². The summed E-state index contributed by atoms with van der Waals surface area (Å²) < 4.78 is 5.64. The average Bonchev–Trinajstić information content (AvgIpc) is 3.11. The highest BCUT2D eigenvalue weighted by Gasteiger charge is 2.41. The summed E-state index contributed by atoms with van der Waals surface area (Å²) in [6, 6.07) is 2.12. The van der Waals surface area contributed by atoms with E-state index >= 15 is 0 Å². The van der Waals surface area contributed by atoms with Crippen LogP contribution in [0, 0.1) is 0 Å². The molecule has 9 atom stereocenters. The van der Waals surface area contributed by atoms with E-state index in [1.54, 1.807) is 19.1 Å². The summed E-state index contributed by atoms with van der Waals surface area (Å²) in [5.74, 6) is -5.66. The van der Waals surface area contributed by atoms with E-state index in [4.69, 9.17) is 21.9 Å². The zero-order valence-corrected chi connectivity index (χ0v) is 30.3. The Morgan fingerprint density at radius 1 is 0.852 bits per heavy atom. The van der Waals surface area contributed by atoms with Gasteiger partial charge in [-0.15, -0.1) is 0 Å². The molecule has 1 aromatic rings. The lowest BCUT2D eigenvalue weighted by molar-refractivity contribution is -0.218. The number of aliphatic carboxylic acids is 1. The Labute approximate surface area is 312 Å². The second-order valence-electron chi connectivity index (χ2n) is 13.2. The van der Waals surface area contributed by atoms with Crippen LogP contribution in [0.2, 0.25) is 0 Å². The molecule has 54 heavy (non-hydrogen) atoms. The third kappa shape index (κ3) is 15.3. The molecule has 4 amide bonds. The van der Waals surface area contributed by atoms with Crippen molar-refractivity contribution in [1.29, 1.82) is 0 Å². The van der Waals surface area contributed by atoms with E-state index in [9.17, 15) is 54.3 Å². The van der Waals surface area contributed by atoms with Crippen molar-refractivity contribution in [2.75, 3.05) is 19.7 Å². The van der Waals surface area contributed by atoms with Gasteiger partial charge in [0.2, 0.25) is 23.6 Å². The van der Waals surface area contributed by atoms with Crippen LogP contribution >= 0.6 is 0 Å². The number of carboxylic acids is 1. The molecule has 2 rings (SSSR count). The van der Waals surface area contributed by atoms with Gasteiger partial charge in [-0.3, -0.25) is 33.8 Å². The highest BCUT2D eigenvalue weighted by Crippen LogP contribution is 2.24. The summed E-state index contributed by atoms with van der Waals surface area (Å²) in [7, 11) is 0. The standard InChI is InChI=1S/C34H54N8O12/c1-17(44)24(16-43)42-33(53)23(14-27(46)47)40-26(45)15-39-32(52)22(6-4-12-38-34(36)37)41-31(51)21(35)13-20-10-8-19(9-11-20)5-3-7-25-29(49)30(50)28(48)18(2)54-25/h8-11,18,21-25,28-30,43,48-50H,3-7,12-16,35H2,1-2H3,(H,39,52)(H,40,45)(H,41,51)(H,42,53)(H,46,47)(H4,36,37,38)/t18?,21?,22?,23-,24?,25-,28-,29?,30+/m0/s1. The minimum Gasteiger partial charge on any atom is -0.481 e. The highest BCUT2D eigenvalue weighted by molar-refractivity contribution is 5.96.